The molecule has 0 radical (unpaired) electrons. The lowest BCUT2D eigenvalue weighted by Gasteiger charge is -2.20. The Labute approximate surface area is 123 Å². The van der Waals surface area contributed by atoms with Crippen LogP contribution in [-0.2, 0) is 6.42 Å². The van der Waals surface area contributed by atoms with Gasteiger partial charge < -0.3 is 4.90 Å². The average molecular weight is 290 g/mol. The molecule has 4 nitrogen and oxygen atoms in total. The van der Waals surface area contributed by atoms with Crippen molar-refractivity contribution < 1.29 is 4.79 Å². The zero-order valence-electron chi connectivity index (χ0n) is 11.3. The Balaban J connectivity index is 2.00. The fourth-order valence-corrected chi connectivity index (χ4v) is 1.99. The van der Waals surface area contributed by atoms with Crippen LogP contribution in [0, 0.1) is 0 Å². The molecule has 1 aromatic heterocycles. The molecule has 0 aliphatic heterocycles. The molecule has 0 spiro atoms. The van der Waals surface area contributed by atoms with Gasteiger partial charge in [0.05, 0.1) is 12.4 Å². The summed E-state index contributed by atoms with van der Waals surface area (Å²) in [6.07, 6.45) is 3.62. The van der Waals surface area contributed by atoms with E-state index in [9.17, 15) is 4.79 Å². The van der Waals surface area contributed by atoms with Crippen LogP contribution < -0.4 is 0 Å². The fraction of sp³-hybridized carbons (Fsp3) is 0.267. The smallest absolute Gasteiger partial charge is 0.274 e. The number of carbonyl (C=O) groups is 1. The molecular formula is C15H16ClN3O. The zero-order chi connectivity index (χ0) is 14.4. The first kappa shape index (κ1) is 14.5. The predicted molar refractivity (Wildman–Crippen MR) is 78.8 cm³/mol. The number of nitrogens with zero attached hydrogens (tertiary/aromatic N) is 3. The molecule has 0 bridgehead atoms. The van der Waals surface area contributed by atoms with Gasteiger partial charge in [0.25, 0.3) is 5.91 Å². The SMILES string of the molecule is CCN(CCc1ccccc1)C(=O)c1cnc(Cl)cn1. The van der Waals surface area contributed by atoms with Crippen LogP contribution in [0.2, 0.25) is 5.15 Å². The number of benzene rings is 1. The third-order valence-corrected chi connectivity index (χ3v) is 3.22. The summed E-state index contributed by atoms with van der Waals surface area (Å²) in [5.74, 6) is -0.118. The van der Waals surface area contributed by atoms with Crippen molar-refractivity contribution in [3.05, 3.63) is 59.1 Å². The highest BCUT2D eigenvalue weighted by Crippen LogP contribution is 2.07. The highest BCUT2D eigenvalue weighted by molar-refractivity contribution is 6.29. The summed E-state index contributed by atoms with van der Waals surface area (Å²) in [6, 6.07) is 10.1. The van der Waals surface area contributed by atoms with E-state index in [0.29, 0.717) is 18.8 Å². The maximum atomic E-state index is 12.3. The Morgan fingerprint density at radius 3 is 2.55 bits per heavy atom. The molecule has 5 heteroatoms. The van der Waals surface area contributed by atoms with Crippen molar-refractivity contribution in [3.63, 3.8) is 0 Å². The normalized spacial score (nSPS) is 10.3. The summed E-state index contributed by atoms with van der Waals surface area (Å²) < 4.78 is 0. The minimum absolute atomic E-state index is 0.118. The molecule has 0 aliphatic carbocycles. The molecule has 104 valence electrons. The van der Waals surface area contributed by atoms with Gasteiger partial charge in [-0.25, -0.2) is 9.97 Å². The van der Waals surface area contributed by atoms with Gasteiger partial charge in [0.2, 0.25) is 0 Å². The summed E-state index contributed by atoms with van der Waals surface area (Å²) >= 11 is 5.67. The highest BCUT2D eigenvalue weighted by atomic mass is 35.5. The van der Waals surface area contributed by atoms with E-state index in [1.165, 1.54) is 18.0 Å². The Bertz CT molecular complexity index is 557. The lowest BCUT2D eigenvalue weighted by atomic mass is 10.1. The molecular weight excluding hydrogens is 274 g/mol. The molecule has 0 fully saturated rings. The second-order valence-corrected chi connectivity index (χ2v) is 4.73. The van der Waals surface area contributed by atoms with Gasteiger partial charge in [0.15, 0.2) is 0 Å². The van der Waals surface area contributed by atoms with E-state index in [4.69, 9.17) is 11.6 Å². The van der Waals surface area contributed by atoms with Crippen LogP contribution >= 0.6 is 11.6 Å². The van der Waals surface area contributed by atoms with E-state index >= 15 is 0 Å². The molecule has 20 heavy (non-hydrogen) atoms. The van der Waals surface area contributed by atoms with Crippen LogP contribution in [0.1, 0.15) is 23.0 Å². The Hall–Kier alpha value is -1.94. The topological polar surface area (TPSA) is 46.1 Å². The van der Waals surface area contributed by atoms with E-state index in [1.54, 1.807) is 4.90 Å². The van der Waals surface area contributed by atoms with E-state index in [0.717, 1.165) is 6.42 Å². The second kappa shape index (κ2) is 7.01. The van der Waals surface area contributed by atoms with Gasteiger partial charge in [-0.3, -0.25) is 4.79 Å². The van der Waals surface area contributed by atoms with Crippen molar-refractivity contribution in [1.82, 2.24) is 14.9 Å². The first-order valence-corrected chi connectivity index (χ1v) is 6.89. The van der Waals surface area contributed by atoms with Crippen molar-refractivity contribution >= 4 is 17.5 Å². The summed E-state index contributed by atoms with van der Waals surface area (Å²) in [7, 11) is 0. The van der Waals surface area contributed by atoms with Gasteiger partial charge in [-0.05, 0) is 18.9 Å². The molecule has 0 aliphatic rings. The molecule has 1 heterocycles. The van der Waals surface area contributed by atoms with Crippen molar-refractivity contribution in [2.24, 2.45) is 0 Å². The molecule has 0 saturated heterocycles. The van der Waals surface area contributed by atoms with Crippen LogP contribution in [0.3, 0.4) is 0 Å². The molecule has 0 atom stereocenters. The van der Waals surface area contributed by atoms with E-state index in [1.807, 2.05) is 25.1 Å². The number of amides is 1. The number of likely N-dealkylation sites (N-methyl/N-ethyl adjacent to an activating group) is 1. The third kappa shape index (κ3) is 3.78. The quantitative estimate of drug-likeness (QED) is 0.850. The Morgan fingerprint density at radius 1 is 1.20 bits per heavy atom. The van der Waals surface area contributed by atoms with Crippen molar-refractivity contribution in [2.45, 2.75) is 13.3 Å². The minimum Gasteiger partial charge on any atom is -0.337 e. The third-order valence-electron chi connectivity index (χ3n) is 3.02. The molecule has 2 rings (SSSR count). The Morgan fingerprint density at radius 2 is 1.95 bits per heavy atom. The molecule has 0 N–H and O–H groups in total. The van der Waals surface area contributed by atoms with E-state index in [2.05, 4.69) is 22.1 Å². The maximum absolute atomic E-state index is 12.3. The lowest BCUT2D eigenvalue weighted by Crippen LogP contribution is -2.33. The van der Waals surface area contributed by atoms with Crippen molar-refractivity contribution in [3.8, 4) is 0 Å². The number of hydrogen-bond acceptors (Lipinski definition) is 3. The van der Waals surface area contributed by atoms with Crippen molar-refractivity contribution in [2.75, 3.05) is 13.1 Å². The summed E-state index contributed by atoms with van der Waals surface area (Å²) in [6.45, 7) is 3.24. The van der Waals surface area contributed by atoms with Gasteiger partial charge in [-0.2, -0.15) is 0 Å². The summed E-state index contributed by atoms with van der Waals surface area (Å²) in [5.41, 5.74) is 1.53. The maximum Gasteiger partial charge on any atom is 0.274 e. The minimum atomic E-state index is -0.118. The summed E-state index contributed by atoms with van der Waals surface area (Å²) in [5, 5.41) is 0.286. The number of halogens is 1. The van der Waals surface area contributed by atoms with Gasteiger partial charge in [-0.15, -0.1) is 0 Å². The largest absolute Gasteiger partial charge is 0.337 e. The number of aromatic nitrogens is 2. The predicted octanol–water partition coefficient (Wildman–Crippen LogP) is 2.83. The van der Waals surface area contributed by atoms with Gasteiger partial charge in [0.1, 0.15) is 10.8 Å². The molecule has 0 saturated carbocycles. The number of carbonyl (C=O) groups excluding carboxylic acids is 1. The van der Waals surface area contributed by atoms with Crippen LogP contribution in [0.5, 0.6) is 0 Å². The van der Waals surface area contributed by atoms with Gasteiger partial charge in [0, 0.05) is 13.1 Å². The first-order chi connectivity index (χ1) is 9.70. The standard InChI is InChI=1S/C15H16ClN3O/c1-2-19(9-8-12-6-4-3-5-7-12)15(20)13-10-18-14(16)11-17-13/h3-7,10-11H,2,8-9H2,1H3. The number of rotatable bonds is 5. The average Bonchev–Trinajstić information content (AvgIpc) is 2.49. The second-order valence-electron chi connectivity index (χ2n) is 4.34. The van der Waals surface area contributed by atoms with Gasteiger partial charge >= 0.3 is 0 Å². The van der Waals surface area contributed by atoms with E-state index < -0.39 is 0 Å². The molecule has 1 aromatic carbocycles. The summed E-state index contributed by atoms with van der Waals surface area (Å²) in [4.78, 5) is 22.0. The highest BCUT2D eigenvalue weighted by Gasteiger charge is 2.15. The zero-order valence-corrected chi connectivity index (χ0v) is 12.0. The van der Waals surface area contributed by atoms with Crippen LogP contribution in [0.4, 0.5) is 0 Å². The van der Waals surface area contributed by atoms with Crippen LogP contribution in [-0.4, -0.2) is 33.9 Å². The van der Waals surface area contributed by atoms with Crippen LogP contribution in [0.15, 0.2) is 42.7 Å². The molecule has 2 aromatic rings. The van der Waals surface area contributed by atoms with Crippen molar-refractivity contribution in [1.29, 1.82) is 0 Å². The molecule has 0 unspecified atom stereocenters. The molecule has 1 amide bonds. The van der Waals surface area contributed by atoms with Crippen LogP contribution in [0.25, 0.3) is 0 Å². The van der Waals surface area contributed by atoms with Gasteiger partial charge in [-0.1, -0.05) is 41.9 Å². The first-order valence-electron chi connectivity index (χ1n) is 6.51. The number of hydrogen-bond donors (Lipinski definition) is 0. The fourth-order valence-electron chi connectivity index (χ4n) is 1.90. The monoisotopic (exact) mass is 289 g/mol. The lowest BCUT2D eigenvalue weighted by molar-refractivity contribution is 0.0760. The Kier molecular flexibility index (Phi) is 5.07. The van der Waals surface area contributed by atoms with E-state index in [-0.39, 0.29) is 11.1 Å².